The van der Waals surface area contributed by atoms with Crippen LogP contribution in [-0.2, 0) is 19.0 Å². The van der Waals surface area contributed by atoms with Crippen molar-refractivity contribution in [1.82, 2.24) is 0 Å². The van der Waals surface area contributed by atoms with Gasteiger partial charge >= 0.3 is 5.97 Å². The summed E-state index contributed by atoms with van der Waals surface area (Å²) in [6.07, 6.45) is 5.36. The molecule has 8 nitrogen and oxygen atoms in total. The van der Waals surface area contributed by atoms with Crippen molar-refractivity contribution < 1.29 is 38.3 Å². The third-order valence-electron chi connectivity index (χ3n) is 7.34. The number of alkyl halides is 1. The first-order valence-electron chi connectivity index (χ1n) is 12.4. The summed E-state index contributed by atoms with van der Waals surface area (Å²) < 4.78 is 33.9. The Bertz CT molecular complexity index is 994. The molecule has 4 unspecified atom stereocenters. The minimum atomic E-state index is -1.20. The van der Waals surface area contributed by atoms with Gasteiger partial charge in [-0.2, -0.15) is 0 Å². The average molecular weight is 539 g/mol. The van der Waals surface area contributed by atoms with Crippen molar-refractivity contribution in [1.29, 1.82) is 0 Å². The van der Waals surface area contributed by atoms with E-state index in [0.717, 1.165) is 6.42 Å². The molecule has 0 spiro atoms. The Morgan fingerprint density at radius 1 is 1.16 bits per heavy atom. The number of epoxide rings is 1. The van der Waals surface area contributed by atoms with Crippen molar-refractivity contribution in [2.24, 2.45) is 5.92 Å². The zero-order valence-corrected chi connectivity index (χ0v) is 23.5. The van der Waals surface area contributed by atoms with Gasteiger partial charge in [-0.25, -0.2) is 4.79 Å². The number of benzene rings is 1. The monoisotopic (exact) mass is 538 g/mol. The number of carbonyl (C=O) groups is 1. The van der Waals surface area contributed by atoms with Crippen molar-refractivity contribution in [2.75, 3.05) is 34.3 Å². The summed E-state index contributed by atoms with van der Waals surface area (Å²) in [5.41, 5.74) is 0.0239. The van der Waals surface area contributed by atoms with Gasteiger partial charge in [0.15, 0.2) is 11.5 Å². The first-order chi connectivity index (χ1) is 17.6. The van der Waals surface area contributed by atoms with E-state index in [4.69, 9.17) is 40.0 Å². The van der Waals surface area contributed by atoms with Crippen LogP contribution in [0.1, 0.15) is 45.6 Å². The van der Waals surface area contributed by atoms with Gasteiger partial charge in [0, 0.05) is 13.2 Å². The predicted octanol–water partition coefficient (Wildman–Crippen LogP) is 4.55. The highest BCUT2D eigenvalue weighted by molar-refractivity contribution is 6.18. The van der Waals surface area contributed by atoms with E-state index in [0.29, 0.717) is 35.7 Å². The first kappa shape index (κ1) is 29.3. The quantitative estimate of drug-likeness (QED) is 0.144. The normalized spacial score (nSPS) is 31.1. The van der Waals surface area contributed by atoms with E-state index >= 15 is 0 Å². The third kappa shape index (κ3) is 6.25. The number of halogens is 1. The van der Waals surface area contributed by atoms with Crippen LogP contribution in [0, 0.1) is 5.92 Å². The summed E-state index contributed by atoms with van der Waals surface area (Å²) in [5, 5.41) is 11.5. The van der Waals surface area contributed by atoms with Gasteiger partial charge in [-0.05, 0) is 63.8 Å². The lowest BCUT2D eigenvalue weighted by Gasteiger charge is -2.48. The second-order valence-corrected chi connectivity index (χ2v) is 10.3. The molecule has 1 heterocycles. The van der Waals surface area contributed by atoms with Gasteiger partial charge in [0.1, 0.15) is 17.8 Å². The maximum Gasteiger partial charge on any atom is 0.331 e. The summed E-state index contributed by atoms with van der Waals surface area (Å²) >= 11 is 6.27. The minimum Gasteiger partial charge on any atom is -0.493 e. The molecule has 9 heteroatoms. The van der Waals surface area contributed by atoms with Crippen molar-refractivity contribution in [3.8, 4) is 17.2 Å². The van der Waals surface area contributed by atoms with Crippen LogP contribution in [0.15, 0.2) is 29.9 Å². The van der Waals surface area contributed by atoms with E-state index in [1.807, 2.05) is 20.8 Å². The Kier molecular flexibility index (Phi) is 9.56. The molecule has 3 rings (SSSR count). The van der Waals surface area contributed by atoms with Crippen LogP contribution in [0.5, 0.6) is 17.2 Å². The molecule has 0 bridgehead atoms. The molecular formula is C28H39ClO8. The third-order valence-corrected chi connectivity index (χ3v) is 7.80. The molecule has 1 N–H and O–H groups in total. The highest BCUT2D eigenvalue weighted by Crippen LogP contribution is 2.55. The van der Waals surface area contributed by atoms with Crippen molar-refractivity contribution >= 4 is 23.6 Å². The lowest BCUT2D eigenvalue weighted by atomic mass is 9.66. The molecule has 2 fully saturated rings. The number of esters is 1. The van der Waals surface area contributed by atoms with Gasteiger partial charge in [-0.1, -0.05) is 11.6 Å². The molecule has 1 saturated heterocycles. The van der Waals surface area contributed by atoms with Crippen molar-refractivity contribution in [3.05, 3.63) is 35.4 Å². The fourth-order valence-corrected chi connectivity index (χ4v) is 5.68. The summed E-state index contributed by atoms with van der Waals surface area (Å²) in [5.74, 6) is 0.456. The van der Waals surface area contributed by atoms with Gasteiger partial charge in [-0.15, -0.1) is 11.6 Å². The molecule has 1 aliphatic carbocycles. The topological polar surface area (TPSA) is 96.0 Å². The molecule has 1 aromatic carbocycles. The Hall–Kier alpha value is -2.26. The molecule has 37 heavy (non-hydrogen) atoms. The highest BCUT2D eigenvalue weighted by atomic mass is 35.5. The number of hydrogen-bond acceptors (Lipinski definition) is 8. The number of methoxy groups -OCH3 is 4. The summed E-state index contributed by atoms with van der Waals surface area (Å²) in [6, 6.07) is 3.47. The first-order valence-corrected chi connectivity index (χ1v) is 12.9. The number of allylic oxidation sites excluding steroid dienone is 1. The second-order valence-electron chi connectivity index (χ2n) is 10.0. The molecule has 6 atom stereocenters. The molecule has 206 valence electrons. The van der Waals surface area contributed by atoms with Crippen LogP contribution in [0.25, 0.3) is 6.08 Å². The van der Waals surface area contributed by atoms with Crippen LogP contribution >= 0.6 is 11.6 Å². The largest absolute Gasteiger partial charge is 0.493 e. The number of hydrogen-bond donors (Lipinski definition) is 1. The zero-order valence-electron chi connectivity index (χ0n) is 22.7. The average Bonchev–Trinajstić information content (AvgIpc) is 3.56. The Labute approximate surface area is 224 Å². The summed E-state index contributed by atoms with van der Waals surface area (Å²) in [4.78, 5) is 12.8. The Morgan fingerprint density at radius 2 is 1.81 bits per heavy atom. The van der Waals surface area contributed by atoms with Gasteiger partial charge < -0.3 is 33.5 Å². The SMILES string of the molecule is COc1cc(C=CC(=O)OC2CC[C@](O)(CCl)C([C@@]3(C)OC3CC=C(C)C)C2OC)cc(OC)c1OC. The molecule has 0 amide bonds. The van der Waals surface area contributed by atoms with Crippen LogP contribution in [0.4, 0.5) is 0 Å². The van der Waals surface area contributed by atoms with E-state index in [9.17, 15) is 9.90 Å². The Morgan fingerprint density at radius 3 is 2.32 bits per heavy atom. The fourth-order valence-electron chi connectivity index (χ4n) is 5.38. The molecule has 0 aromatic heterocycles. The van der Waals surface area contributed by atoms with Gasteiger partial charge in [0.25, 0.3) is 0 Å². The van der Waals surface area contributed by atoms with E-state index < -0.39 is 35.3 Å². The minimum absolute atomic E-state index is 0.0353. The summed E-state index contributed by atoms with van der Waals surface area (Å²) in [7, 11) is 6.14. The fraction of sp³-hybridized carbons (Fsp3) is 0.607. The number of aliphatic hydroxyl groups is 1. The van der Waals surface area contributed by atoms with E-state index in [1.54, 1.807) is 25.3 Å². The van der Waals surface area contributed by atoms with Gasteiger partial charge in [-0.3, -0.25) is 0 Å². The van der Waals surface area contributed by atoms with Crippen LogP contribution in [-0.4, -0.2) is 74.9 Å². The van der Waals surface area contributed by atoms with Crippen LogP contribution < -0.4 is 14.2 Å². The number of rotatable bonds is 11. The maximum atomic E-state index is 12.8. The molecule has 1 saturated carbocycles. The molecule has 1 aliphatic heterocycles. The number of ether oxygens (including phenoxy) is 6. The van der Waals surface area contributed by atoms with Crippen LogP contribution in [0.2, 0.25) is 0 Å². The molecule has 2 aliphatic rings. The van der Waals surface area contributed by atoms with E-state index in [-0.39, 0.29) is 12.0 Å². The predicted molar refractivity (Wildman–Crippen MR) is 142 cm³/mol. The van der Waals surface area contributed by atoms with Gasteiger partial charge in [0.05, 0.1) is 44.8 Å². The lowest BCUT2D eigenvalue weighted by Crippen LogP contribution is -2.61. The molecular weight excluding hydrogens is 500 g/mol. The van der Waals surface area contributed by atoms with E-state index in [2.05, 4.69) is 6.08 Å². The van der Waals surface area contributed by atoms with Gasteiger partial charge in [0.2, 0.25) is 5.75 Å². The molecule has 1 aromatic rings. The number of carbonyl (C=O) groups excluding carboxylic acids is 1. The Balaban J connectivity index is 1.78. The lowest BCUT2D eigenvalue weighted by molar-refractivity contribution is -0.189. The van der Waals surface area contributed by atoms with Crippen LogP contribution in [0.3, 0.4) is 0 Å². The van der Waals surface area contributed by atoms with Crippen molar-refractivity contribution in [3.63, 3.8) is 0 Å². The standard InChI is InChI=1S/C28H39ClO8/c1-17(2)8-10-22-27(3,37-22)26-25(35-7)19(12-13-28(26,31)16-29)36-23(30)11-9-18-14-20(32-4)24(34-6)21(15-18)33-5/h8-9,11,14-15,19,22,25-26,31H,10,12-13,16H2,1-7H3/t19?,22?,25?,26?,27-,28-/m0/s1. The maximum absolute atomic E-state index is 12.8. The van der Waals surface area contributed by atoms with Crippen molar-refractivity contribution in [2.45, 2.75) is 69.5 Å². The second kappa shape index (κ2) is 12.1. The van der Waals surface area contributed by atoms with E-state index in [1.165, 1.54) is 33.0 Å². The molecule has 0 radical (unpaired) electrons. The summed E-state index contributed by atoms with van der Waals surface area (Å²) in [6.45, 7) is 6.04. The zero-order chi connectivity index (χ0) is 27.4. The highest BCUT2D eigenvalue weighted by Gasteiger charge is 2.67. The smallest absolute Gasteiger partial charge is 0.331 e.